The number of aliphatic hydroxyl groups excluding tert-OH is 1. The van der Waals surface area contributed by atoms with Crippen molar-refractivity contribution in [2.75, 3.05) is 0 Å². The predicted molar refractivity (Wildman–Crippen MR) is 98.3 cm³/mol. The largest absolute Gasteiger partial charge is 0.411 e. The number of hydrogen-bond donors (Lipinski definition) is 2. The van der Waals surface area contributed by atoms with E-state index in [0.717, 1.165) is 0 Å². The zero-order valence-electron chi connectivity index (χ0n) is 16.1. The number of aryl methyl sites for hydroxylation is 1. The van der Waals surface area contributed by atoms with Gasteiger partial charge in [-0.3, -0.25) is 14.3 Å². The average Bonchev–Trinajstić information content (AvgIpc) is 2.84. The second kappa shape index (κ2) is 6.83. The number of aliphatic hydroxyl groups is 1. The first-order valence-electron chi connectivity index (χ1n) is 8.67. The molecule has 1 aromatic heterocycles. The smallest absolute Gasteiger partial charge is 0.330 e. The highest BCUT2D eigenvalue weighted by Crippen LogP contribution is 2.41. The Hall–Kier alpha value is -1.22. The third-order valence-electron chi connectivity index (χ3n) is 5.30. The second-order valence-corrected chi connectivity index (χ2v) is 13.2. The van der Waals surface area contributed by atoms with Crippen LogP contribution in [0, 0.1) is 6.92 Å². The number of aromatic nitrogens is 2. The topological polar surface area (TPSA) is 93.6 Å². The molecule has 0 aliphatic carbocycles. The average molecular weight is 371 g/mol. The van der Waals surface area contributed by atoms with E-state index >= 15 is 0 Å². The molecule has 25 heavy (non-hydrogen) atoms. The Bertz CT molecular complexity index is 732. The minimum absolute atomic E-state index is 0.0275. The van der Waals surface area contributed by atoms with Crippen molar-refractivity contribution in [3.05, 3.63) is 32.6 Å². The minimum Gasteiger partial charge on any atom is -0.411 e. The van der Waals surface area contributed by atoms with Gasteiger partial charge in [0.1, 0.15) is 12.3 Å². The number of aromatic amines is 1. The maximum absolute atomic E-state index is 12.1. The number of rotatable bonds is 4. The van der Waals surface area contributed by atoms with Gasteiger partial charge in [-0.15, -0.1) is 0 Å². The fourth-order valence-electron chi connectivity index (χ4n) is 2.73. The molecule has 1 saturated heterocycles. The van der Waals surface area contributed by atoms with Crippen LogP contribution in [0.5, 0.6) is 0 Å². The molecule has 0 radical (unpaired) electrons. The lowest BCUT2D eigenvalue weighted by atomic mass is 10.1. The van der Waals surface area contributed by atoms with Gasteiger partial charge in [0.15, 0.2) is 8.32 Å². The highest BCUT2D eigenvalue weighted by molar-refractivity contribution is 6.74. The SMILES string of the molecule is Cc1cn([C@H]2C[C@H](O[Si](C)(C)C(C)(C)C)[C@@H](C(C)O)O2)c(=O)[nH]c1=O. The van der Waals surface area contributed by atoms with Gasteiger partial charge in [-0.25, -0.2) is 4.79 Å². The molecule has 0 bridgehead atoms. The van der Waals surface area contributed by atoms with E-state index in [0.29, 0.717) is 12.0 Å². The van der Waals surface area contributed by atoms with Crippen molar-refractivity contribution in [2.45, 2.75) is 83.7 Å². The molecule has 142 valence electrons. The van der Waals surface area contributed by atoms with Crippen molar-refractivity contribution >= 4 is 8.32 Å². The first-order valence-corrected chi connectivity index (χ1v) is 11.6. The summed E-state index contributed by atoms with van der Waals surface area (Å²) in [6.07, 6.45) is -0.160. The van der Waals surface area contributed by atoms with Crippen molar-refractivity contribution in [2.24, 2.45) is 0 Å². The van der Waals surface area contributed by atoms with Crippen LogP contribution in [0.2, 0.25) is 18.1 Å². The van der Waals surface area contributed by atoms with Gasteiger partial charge < -0.3 is 14.3 Å². The lowest BCUT2D eigenvalue weighted by Gasteiger charge is -2.39. The maximum atomic E-state index is 12.1. The molecular weight excluding hydrogens is 340 g/mol. The summed E-state index contributed by atoms with van der Waals surface area (Å²) in [6, 6.07) is 0. The van der Waals surface area contributed by atoms with E-state index in [1.54, 1.807) is 13.8 Å². The van der Waals surface area contributed by atoms with Crippen molar-refractivity contribution in [3.63, 3.8) is 0 Å². The molecule has 2 N–H and O–H groups in total. The van der Waals surface area contributed by atoms with Crippen molar-refractivity contribution < 1.29 is 14.3 Å². The van der Waals surface area contributed by atoms with Crippen LogP contribution in [0.25, 0.3) is 0 Å². The van der Waals surface area contributed by atoms with E-state index in [1.165, 1.54) is 10.8 Å². The van der Waals surface area contributed by atoms with Gasteiger partial charge in [0.25, 0.3) is 5.56 Å². The normalized spacial score (nSPS) is 26.0. The predicted octanol–water partition coefficient (Wildman–Crippen LogP) is 1.90. The van der Waals surface area contributed by atoms with Crippen LogP contribution >= 0.6 is 0 Å². The van der Waals surface area contributed by atoms with Crippen LogP contribution in [-0.2, 0) is 9.16 Å². The summed E-state index contributed by atoms with van der Waals surface area (Å²) in [7, 11) is -2.06. The van der Waals surface area contributed by atoms with Gasteiger partial charge in [0.2, 0.25) is 0 Å². The van der Waals surface area contributed by atoms with Gasteiger partial charge in [-0.05, 0) is 32.0 Å². The van der Waals surface area contributed by atoms with Crippen LogP contribution in [0.1, 0.15) is 45.9 Å². The monoisotopic (exact) mass is 370 g/mol. The zero-order valence-corrected chi connectivity index (χ0v) is 17.1. The van der Waals surface area contributed by atoms with Gasteiger partial charge in [-0.2, -0.15) is 0 Å². The van der Waals surface area contributed by atoms with E-state index in [2.05, 4.69) is 38.8 Å². The summed E-state index contributed by atoms with van der Waals surface area (Å²) in [5.74, 6) is 0. The van der Waals surface area contributed by atoms with Gasteiger partial charge >= 0.3 is 5.69 Å². The molecule has 1 aliphatic rings. The van der Waals surface area contributed by atoms with Gasteiger partial charge in [0.05, 0.1) is 12.2 Å². The lowest BCUT2D eigenvalue weighted by Crippen LogP contribution is -2.47. The van der Waals surface area contributed by atoms with Crippen LogP contribution in [0.3, 0.4) is 0 Å². The highest BCUT2D eigenvalue weighted by atomic mass is 28.4. The quantitative estimate of drug-likeness (QED) is 0.790. The molecule has 0 saturated carbocycles. The number of nitrogens with one attached hydrogen (secondary N) is 1. The maximum Gasteiger partial charge on any atom is 0.330 e. The first kappa shape index (κ1) is 20.1. The fraction of sp³-hybridized carbons (Fsp3) is 0.765. The molecule has 1 unspecified atom stereocenters. The summed E-state index contributed by atoms with van der Waals surface area (Å²) < 4.78 is 13.8. The number of hydrogen-bond acceptors (Lipinski definition) is 5. The Morgan fingerprint density at radius 3 is 2.52 bits per heavy atom. The molecule has 1 aliphatic heterocycles. The summed E-state index contributed by atoms with van der Waals surface area (Å²) in [4.78, 5) is 26.0. The number of nitrogens with zero attached hydrogens (tertiary/aromatic N) is 1. The zero-order chi connectivity index (χ0) is 19.2. The second-order valence-electron chi connectivity index (χ2n) is 8.43. The molecule has 1 fully saturated rings. The molecule has 0 aromatic carbocycles. The third-order valence-corrected chi connectivity index (χ3v) is 9.80. The Morgan fingerprint density at radius 2 is 2.00 bits per heavy atom. The van der Waals surface area contributed by atoms with E-state index < -0.39 is 38.0 Å². The Balaban J connectivity index is 2.31. The van der Waals surface area contributed by atoms with Crippen LogP contribution in [-0.4, -0.2) is 41.3 Å². The summed E-state index contributed by atoms with van der Waals surface area (Å²) in [5, 5.41) is 10.1. The van der Waals surface area contributed by atoms with Crippen LogP contribution in [0.15, 0.2) is 15.8 Å². The molecule has 2 rings (SSSR count). The van der Waals surface area contributed by atoms with Gasteiger partial charge in [-0.1, -0.05) is 20.8 Å². The van der Waals surface area contributed by atoms with Gasteiger partial charge in [0, 0.05) is 18.2 Å². The Morgan fingerprint density at radius 1 is 1.40 bits per heavy atom. The van der Waals surface area contributed by atoms with E-state index in [4.69, 9.17) is 9.16 Å². The summed E-state index contributed by atoms with van der Waals surface area (Å²) >= 11 is 0. The number of ether oxygens (including phenoxy) is 1. The first-order chi connectivity index (χ1) is 11.3. The minimum atomic E-state index is -2.06. The molecule has 8 heteroatoms. The molecule has 1 aromatic rings. The number of H-pyrrole nitrogens is 1. The van der Waals surface area contributed by atoms with Crippen molar-refractivity contribution in [1.82, 2.24) is 9.55 Å². The Kier molecular flexibility index (Phi) is 5.49. The van der Waals surface area contributed by atoms with E-state index in [1.807, 2.05) is 0 Å². The van der Waals surface area contributed by atoms with Crippen LogP contribution in [0.4, 0.5) is 0 Å². The molecular formula is C17H30N2O5Si. The molecule has 0 spiro atoms. The summed E-state index contributed by atoms with van der Waals surface area (Å²) in [6.45, 7) is 14.1. The molecule has 4 atom stereocenters. The van der Waals surface area contributed by atoms with Crippen molar-refractivity contribution in [3.8, 4) is 0 Å². The lowest BCUT2D eigenvalue weighted by molar-refractivity contribution is -0.0750. The van der Waals surface area contributed by atoms with Crippen molar-refractivity contribution in [1.29, 1.82) is 0 Å². The molecule has 7 nitrogen and oxygen atoms in total. The van der Waals surface area contributed by atoms with E-state index in [9.17, 15) is 14.7 Å². The summed E-state index contributed by atoms with van der Waals surface area (Å²) in [5.41, 5.74) is -0.483. The molecule has 2 heterocycles. The van der Waals surface area contributed by atoms with Crippen LogP contribution < -0.4 is 11.2 Å². The standard InChI is InChI=1S/C17H30N2O5Si/c1-10-9-19(16(22)18-15(10)21)13-8-12(14(23-13)11(2)20)24-25(6,7)17(3,4)5/h9,11-14,20H,8H2,1-7H3,(H,18,21,22)/t11?,12-,13+,14+/m0/s1. The highest BCUT2D eigenvalue weighted by Gasteiger charge is 2.46. The molecule has 0 amide bonds. The fourth-order valence-corrected chi connectivity index (χ4v) is 4.07. The third kappa shape index (κ3) is 4.13. The van der Waals surface area contributed by atoms with E-state index in [-0.39, 0.29) is 11.1 Å². The Labute approximate surface area is 149 Å².